The monoisotopic (exact) mass is 444 g/mol. The number of amides is 1. The maximum atomic E-state index is 13.1. The highest BCUT2D eigenvalue weighted by Gasteiger charge is 2.28. The molecule has 1 saturated heterocycles. The molecule has 2 aromatic carbocycles. The van der Waals surface area contributed by atoms with Crippen LogP contribution in [0.25, 0.3) is 0 Å². The van der Waals surface area contributed by atoms with Crippen molar-refractivity contribution in [2.24, 2.45) is 0 Å². The molecule has 1 amide bonds. The molecule has 0 unspecified atom stereocenters. The topological polar surface area (TPSA) is 67.8 Å². The van der Waals surface area contributed by atoms with Crippen LogP contribution in [0.5, 0.6) is 5.75 Å². The molecule has 170 valence electrons. The van der Waals surface area contributed by atoms with Crippen LogP contribution in [-0.2, 0) is 24.1 Å². The number of hydrogen-bond acceptors (Lipinski definition) is 6. The Balaban J connectivity index is 1.47. The molecule has 0 aliphatic carbocycles. The van der Waals surface area contributed by atoms with E-state index in [0.717, 1.165) is 53.7 Å². The number of carbonyl (C=O) groups is 1. The van der Waals surface area contributed by atoms with E-state index in [1.165, 1.54) is 0 Å². The molecule has 0 spiro atoms. The molecule has 1 aromatic heterocycles. The van der Waals surface area contributed by atoms with E-state index in [1.807, 2.05) is 53.4 Å². The van der Waals surface area contributed by atoms with Gasteiger partial charge in [-0.05, 0) is 29.8 Å². The number of ether oxygens (including phenoxy) is 2. The molecule has 0 saturated carbocycles. The second kappa shape index (κ2) is 9.58. The van der Waals surface area contributed by atoms with Crippen molar-refractivity contribution in [3.8, 4) is 5.75 Å². The maximum Gasteiger partial charge on any atom is 0.254 e. The van der Waals surface area contributed by atoms with E-state index >= 15 is 0 Å². The molecular weight excluding hydrogens is 416 g/mol. The Hall–Kier alpha value is -3.45. The van der Waals surface area contributed by atoms with Crippen molar-refractivity contribution >= 4 is 11.7 Å². The summed E-state index contributed by atoms with van der Waals surface area (Å²) < 4.78 is 10.9. The lowest BCUT2D eigenvalue weighted by Gasteiger charge is -2.34. The molecule has 7 nitrogen and oxygen atoms in total. The van der Waals surface area contributed by atoms with E-state index in [0.29, 0.717) is 38.3 Å². The molecule has 2 aliphatic rings. The first kappa shape index (κ1) is 21.4. The molecule has 5 rings (SSSR count). The van der Waals surface area contributed by atoms with Gasteiger partial charge in [-0.1, -0.05) is 30.3 Å². The third kappa shape index (κ3) is 4.68. The highest BCUT2D eigenvalue weighted by atomic mass is 16.5. The summed E-state index contributed by atoms with van der Waals surface area (Å²) in [5, 5.41) is 0. The van der Waals surface area contributed by atoms with Crippen molar-refractivity contribution in [2.75, 3.05) is 44.9 Å². The number of fused-ring (bicyclic) bond motifs is 1. The molecule has 0 radical (unpaired) electrons. The second-order valence-electron chi connectivity index (χ2n) is 8.36. The van der Waals surface area contributed by atoms with Gasteiger partial charge in [0.1, 0.15) is 17.4 Å². The highest BCUT2D eigenvalue weighted by Crippen LogP contribution is 2.29. The zero-order valence-corrected chi connectivity index (χ0v) is 18.9. The molecule has 2 aliphatic heterocycles. The summed E-state index contributed by atoms with van der Waals surface area (Å²) in [7, 11) is 1.67. The lowest BCUT2D eigenvalue weighted by molar-refractivity contribution is 0.0733. The molecule has 3 heterocycles. The summed E-state index contributed by atoms with van der Waals surface area (Å²) >= 11 is 0. The summed E-state index contributed by atoms with van der Waals surface area (Å²) in [5.74, 6) is 2.61. The van der Waals surface area contributed by atoms with Crippen molar-refractivity contribution in [3.63, 3.8) is 0 Å². The molecule has 7 heteroatoms. The third-order valence-electron chi connectivity index (χ3n) is 6.20. The lowest BCUT2D eigenvalue weighted by atomic mass is 10.0. The Bertz CT molecular complexity index is 1130. The van der Waals surface area contributed by atoms with Gasteiger partial charge in [0, 0.05) is 43.6 Å². The summed E-state index contributed by atoms with van der Waals surface area (Å²) in [5.41, 5.74) is 3.92. The number of nitrogens with zero attached hydrogens (tertiary/aromatic N) is 4. The van der Waals surface area contributed by atoms with Gasteiger partial charge in [-0.25, -0.2) is 9.97 Å². The van der Waals surface area contributed by atoms with E-state index < -0.39 is 0 Å². The smallest absolute Gasteiger partial charge is 0.254 e. The number of hydrogen-bond donors (Lipinski definition) is 0. The zero-order chi connectivity index (χ0) is 22.6. The molecule has 33 heavy (non-hydrogen) atoms. The van der Waals surface area contributed by atoms with Crippen LogP contribution in [0.1, 0.15) is 33.0 Å². The van der Waals surface area contributed by atoms with Crippen molar-refractivity contribution < 1.29 is 14.3 Å². The Morgan fingerprint density at radius 1 is 1.03 bits per heavy atom. The normalized spacial score (nSPS) is 15.8. The fourth-order valence-electron chi connectivity index (χ4n) is 4.46. The average molecular weight is 445 g/mol. The molecule has 0 atom stereocenters. The van der Waals surface area contributed by atoms with Gasteiger partial charge in [-0.2, -0.15) is 0 Å². The van der Waals surface area contributed by atoms with Crippen LogP contribution in [0.3, 0.4) is 0 Å². The number of aromatic nitrogens is 2. The van der Waals surface area contributed by atoms with Gasteiger partial charge in [-0.15, -0.1) is 0 Å². The van der Waals surface area contributed by atoms with Crippen molar-refractivity contribution in [1.82, 2.24) is 14.9 Å². The Labute approximate surface area is 194 Å². The van der Waals surface area contributed by atoms with E-state index in [-0.39, 0.29) is 5.91 Å². The standard InChI is InChI=1S/C26H28N4O3/c1-32-21-9-5-6-19(16-21)17-24-27-23-10-11-30(26(31)20-7-3-2-4-8-20)18-22(23)25(28-24)29-12-14-33-15-13-29/h2-9,16H,10-15,17-18H2,1H3. The van der Waals surface area contributed by atoms with Gasteiger partial charge in [-0.3, -0.25) is 4.79 Å². The zero-order valence-electron chi connectivity index (χ0n) is 18.9. The van der Waals surface area contributed by atoms with Crippen LogP contribution in [-0.4, -0.2) is 60.7 Å². The summed E-state index contributed by atoms with van der Waals surface area (Å²) in [6.45, 7) is 4.10. The number of rotatable bonds is 5. The number of benzene rings is 2. The number of methoxy groups -OCH3 is 1. The van der Waals surface area contributed by atoms with Crippen molar-refractivity contribution in [2.45, 2.75) is 19.4 Å². The van der Waals surface area contributed by atoms with Gasteiger partial charge in [0.25, 0.3) is 5.91 Å². The lowest BCUT2D eigenvalue weighted by Crippen LogP contribution is -2.41. The van der Waals surface area contributed by atoms with Crippen LogP contribution in [0, 0.1) is 0 Å². The van der Waals surface area contributed by atoms with Gasteiger partial charge in [0.2, 0.25) is 0 Å². The largest absolute Gasteiger partial charge is 0.497 e. The number of morpholine rings is 1. The number of carbonyl (C=O) groups excluding carboxylic acids is 1. The Morgan fingerprint density at radius 3 is 2.64 bits per heavy atom. The quantitative estimate of drug-likeness (QED) is 0.603. The molecule has 1 fully saturated rings. The predicted molar refractivity (Wildman–Crippen MR) is 126 cm³/mol. The summed E-state index contributed by atoms with van der Waals surface area (Å²) in [6, 6.07) is 17.5. The van der Waals surface area contributed by atoms with E-state index in [4.69, 9.17) is 19.4 Å². The first-order valence-electron chi connectivity index (χ1n) is 11.4. The Kier molecular flexibility index (Phi) is 6.21. The maximum absolute atomic E-state index is 13.1. The summed E-state index contributed by atoms with van der Waals surface area (Å²) in [4.78, 5) is 27.2. The van der Waals surface area contributed by atoms with Gasteiger partial charge in [0.15, 0.2) is 0 Å². The highest BCUT2D eigenvalue weighted by molar-refractivity contribution is 5.94. The minimum Gasteiger partial charge on any atom is -0.497 e. The first-order valence-corrected chi connectivity index (χ1v) is 11.4. The van der Waals surface area contributed by atoms with Crippen molar-refractivity contribution in [3.05, 3.63) is 82.8 Å². The molecule has 0 bridgehead atoms. The molecule has 0 N–H and O–H groups in total. The molecular formula is C26H28N4O3. The van der Waals surface area contributed by atoms with Gasteiger partial charge >= 0.3 is 0 Å². The van der Waals surface area contributed by atoms with Crippen LogP contribution in [0.4, 0.5) is 5.82 Å². The minimum absolute atomic E-state index is 0.0506. The SMILES string of the molecule is COc1cccc(Cc2nc3c(c(N4CCOCC4)n2)CN(C(=O)c2ccccc2)CC3)c1. The minimum atomic E-state index is 0.0506. The molecule has 3 aromatic rings. The van der Waals surface area contributed by atoms with Crippen molar-refractivity contribution in [1.29, 1.82) is 0 Å². The van der Waals surface area contributed by atoms with Crippen LogP contribution >= 0.6 is 0 Å². The fraction of sp³-hybridized carbons (Fsp3) is 0.346. The average Bonchev–Trinajstić information content (AvgIpc) is 2.88. The van der Waals surface area contributed by atoms with Crippen LogP contribution in [0.2, 0.25) is 0 Å². The van der Waals surface area contributed by atoms with E-state index in [1.54, 1.807) is 7.11 Å². The number of anilines is 1. The first-order chi connectivity index (χ1) is 16.2. The fourth-order valence-corrected chi connectivity index (χ4v) is 4.46. The van der Waals surface area contributed by atoms with Crippen LogP contribution < -0.4 is 9.64 Å². The summed E-state index contributed by atoms with van der Waals surface area (Å²) in [6.07, 6.45) is 1.35. The third-order valence-corrected chi connectivity index (χ3v) is 6.20. The Morgan fingerprint density at radius 2 is 1.85 bits per heavy atom. The van der Waals surface area contributed by atoms with E-state index in [2.05, 4.69) is 11.0 Å². The van der Waals surface area contributed by atoms with Gasteiger partial charge < -0.3 is 19.3 Å². The predicted octanol–water partition coefficient (Wildman–Crippen LogP) is 3.11. The van der Waals surface area contributed by atoms with E-state index in [9.17, 15) is 4.79 Å². The van der Waals surface area contributed by atoms with Crippen LogP contribution in [0.15, 0.2) is 54.6 Å². The van der Waals surface area contributed by atoms with Gasteiger partial charge in [0.05, 0.1) is 32.6 Å². The second-order valence-corrected chi connectivity index (χ2v) is 8.36.